The van der Waals surface area contributed by atoms with Crippen LogP contribution in [0.15, 0.2) is 60.9 Å². The molecule has 8 nitrogen and oxygen atoms in total. The molecule has 8 rings (SSSR count). The number of alkyl halides is 4. The fourth-order valence-electron chi connectivity index (χ4n) is 9.22. The fraction of sp³-hybridized carbons (Fsp3) is 0.524. The highest BCUT2D eigenvalue weighted by Crippen LogP contribution is 2.43. The quantitative estimate of drug-likeness (QED) is 0.184. The lowest BCUT2D eigenvalue weighted by molar-refractivity contribution is -0.142. The van der Waals surface area contributed by atoms with Gasteiger partial charge in [0.25, 0.3) is 0 Å². The summed E-state index contributed by atoms with van der Waals surface area (Å²) in [5.41, 5.74) is 5.72. The highest BCUT2D eigenvalue weighted by Gasteiger charge is 2.45. The van der Waals surface area contributed by atoms with Crippen LogP contribution in [-0.2, 0) is 9.59 Å². The zero-order valence-electron chi connectivity index (χ0n) is 30.8. The standard InChI is InChI=1S/C42H48F4N6O2/c1-25-15-21-51(39(53)31-11-17-41(43,44)18-12-31)35(25)37-47-23-33(49-37)29-7-3-27(4-8-29)28-5-9-30(10-6-28)34-24-48-38(50-34)36-26(2)16-22-52(36)40(54)32-13-19-42(45,46)20-14-32/h3-10,23-26,31-32,35-36H,11-22H2,1-2H3,(H,47,49)(H,48,50)/t25-,26-,35-,36-/m0/s1. The van der Waals surface area contributed by atoms with Gasteiger partial charge in [-0.05, 0) is 72.6 Å². The Bertz CT molecular complexity index is 1810. The molecule has 2 N–H and O–H groups in total. The largest absolute Gasteiger partial charge is 0.340 e. The molecule has 54 heavy (non-hydrogen) atoms. The van der Waals surface area contributed by atoms with Crippen LogP contribution in [0.25, 0.3) is 33.6 Å². The number of likely N-dealkylation sites (tertiary alicyclic amines) is 2. The molecule has 2 saturated heterocycles. The number of halogens is 4. The first-order valence-electron chi connectivity index (χ1n) is 19.5. The average Bonchev–Trinajstić information content (AvgIpc) is 3.98. The first kappa shape index (κ1) is 36.5. The number of amides is 2. The summed E-state index contributed by atoms with van der Waals surface area (Å²) in [6, 6.07) is 16.0. The fourth-order valence-corrected chi connectivity index (χ4v) is 9.22. The number of H-pyrrole nitrogens is 2. The molecule has 0 spiro atoms. The summed E-state index contributed by atoms with van der Waals surface area (Å²) in [4.78, 5) is 46.9. The maximum absolute atomic E-state index is 13.8. The first-order valence-corrected chi connectivity index (χ1v) is 19.5. The van der Waals surface area contributed by atoms with Crippen molar-refractivity contribution in [1.29, 1.82) is 0 Å². The summed E-state index contributed by atoms with van der Waals surface area (Å²) in [6.07, 6.45) is 5.28. The molecule has 4 heterocycles. The molecule has 4 atom stereocenters. The van der Waals surface area contributed by atoms with Crippen LogP contribution in [0.3, 0.4) is 0 Å². The Morgan fingerprint density at radius 3 is 1.26 bits per heavy atom. The number of imidazole rings is 2. The van der Waals surface area contributed by atoms with Gasteiger partial charge in [-0.1, -0.05) is 62.4 Å². The number of carbonyl (C=O) groups is 2. The third kappa shape index (κ3) is 7.20. The van der Waals surface area contributed by atoms with Crippen LogP contribution in [0, 0.1) is 23.7 Å². The van der Waals surface area contributed by atoms with E-state index in [0.29, 0.717) is 13.1 Å². The Morgan fingerprint density at radius 1 is 0.574 bits per heavy atom. The molecule has 2 amide bonds. The third-order valence-corrected chi connectivity index (χ3v) is 12.6. The second-order valence-electron chi connectivity index (χ2n) is 16.3. The number of aromatic nitrogens is 4. The van der Waals surface area contributed by atoms with Gasteiger partial charge in [-0.15, -0.1) is 0 Å². The maximum Gasteiger partial charge on any atom is 0.248 e. The van der Waals surface area contributed by atoms with Crippen LogP contribution in [-0.4, -0.2) is 66.5 Å². The second-order valence-corrected chi connectivity index (χ2v) is 16.3. The van der Waals surface area contributed by atoms with Crippen molar-refractivity contribution in [3.63, 3.8) is 0 Å². The molecule has 2 aliphatic carbocycles. The molecule has 4 aliphatic rings. The van der Waals surface area contributed by atoms with E-state index in [4.69, 9.17) is 9.97 Å². The predicted octanol–water partition coefficient (Wildman–Crippen LogP) is 9.60. The molecule has 2 aliphatic heterocycles. The number of nitrogens with zero attached hydrogens (tertiary/aromatic N) is 4. The van der Waals surface area contributed by atoms with E-state index in [9.17, 15) is 27.2 Å². The van der Waals surface area contributed by atoms with E-state index in [2.05, 4.69) is 48.1 Å². The van der Waals surface area contributed by atoms with Crippen LogP contribution < -0.4 is 0 Å². The minimum Gasteiger partial charge on any atom is -0.340 e. The second kappa shape index (κ2) is 14.3. The third-order valence-electron chi connectivity index (χ3n) is 12.6. The molecule has 0 bridgehead atoms. The molecule has 2 saturated carbocycles. The van der Waals surface area contributed by atoms with E-state index in [1.165, 1.54) is 0 Å². The van der Waals surface area contributed by atoms with Gasteiger partial charge in [0, 0.05) is 50.6 Å². The summed E-state index contributed by atoms with van der Waals surface area (Å²) in [5, 5.41) is 0. The van der Waals surface area contributed by atoms with Crippen molar-refractivity contribution in [3.05, 3.63) is 72.6 Å². The maximum atomic E-state index is 13.8. The van der Waals surface area contributed by atoms with Crippen molar-refractivity contribution >= 4 is 11.8 Å². The van der Waals surface area contributed by atoms with E-state index in [1.54, 1.807) is 12.4 Å². The van der Waals surface area contributed by atoms with Crippen LogP contribution in [0.1, 0.15) is 102 Å². The molecule has 12 heteroatoms. The Balaban J connectivity index is 0.918. The van der Waals surface area contributed by atoms with E-state index < -0.39 is 11.8 Å². The minimum atomic E-state index is -2.67. The number of nitrogens with one attached hydrogen (secondary N) is 2. The number of carbonyl (C=O) groups excluding carboxylic acids is 2. The Kier molecular flexibility index (Phi) is 9.67. The average molecular weight is 745 g/mol. The highest BCUT2D eigenvalue weighted by molar-refractivity contribution is 5.80. The number of hydrogen-bond acceptors (Lipinski definition) is 4. The van der Waals surface area contributed by atoms with Crippen LogP contribution in [0.2, 0.25) is 0 Å². The molecular formula is C42H48F4N6O2. The predicted molar refractivity (Wildman–Crippen MR) is 197 cm³/mol. The lowest BCUT2D eigenvalue weighted by Gasteiger charge is -2.33. The van der Waals surface area contributed by atoms with Gasteiger partial charge in [0.1, 0.15) is 11.6 Å². The van der Waals surface area contributed by atoms with Crippen molar-refractivity contribution in [2.24, 2.45) is 23.7 Å². The molecule has 0 unspecified atom stereocenters. The zero-order valence-corrected chi connectivity index (χ0v) is 30.8. The van der Waals surface area contributed by atoms with E-state index in [-0.39, 0.29) is 98.9 Å². The van der Waals surface area contributed by atoms with Gasteiger partial charge in [-0.2, -0.15) is 0 Å². The smallest absolute Gasteiger partial charge is 0.248 e. The first-order chi connectivity index (χ1) is 25.9. The summed E-state index contributed by atoms with van der Waals surface area (Å²) >= 11 is 0. The van der Waals surface area contributed by atoms with Crippen molar-refractivity contribution in [1.82, 2.24) is 29.7 Å². The number of benzene rings is 2. The van der Waals surface area contributed by atoms with Gasteiger partial charge in [0.2, 0.25) is 23.7 Å². The summed E-state index contributed by atoms with van der Waals surface area (Å²) in [7, 11) is 0. The van der Waals surface area contributed by atoms with E-state index in [0.717, 1.165) is 58.1 Å². The normalized spacial score (nSPS) is 26.0. The van der Waals surface area contributed by atoms with Crippen LogP contribution in [0.4, 0.5) is 17.6 Å². The van der Waals surface area contributed by atoms with Crippen LogP contribution >= 0.6 is 0 Å². The Hall–Kier alpha value is -4.48. The van der Waals surface area contributed by atoms with Gasteiger partial charge in [-0.25, -0.2) is 27.5 Å². The zero-order chi connectivity index (χ0) is 37.8. The molecular weight excluding hydrogens is 696 g/mol. The molecule has 4 aromatic rings. The topological polar surface area (TPSA) is 98.0 Å². The molecule has 286 valence electrons. The SMILES string of the molecule is C[C@H]1CCN(C(=O)C2CCC(F)(F)CC2)[C@@H]1c1ncc(-c2ccc(-c3ccc(-c4cnc([C@@H]5[C@@H](C)CCN5C(=O)C5CCC(F)(F)CC5)[nH]4)cc3)cc2)[nH]1. The van der Waals surface area contributed by atoms with E-state index >= 15 is 0 Å². The molecule has 2 aromatic heterocycles. The van der Waals surface area contributed by atoms with Gasteiger partial charge in [-0.3, -0.25) is 9.59 Å². The minimum absolute atomic E-state index is 0.0314. The van der Waals surface area contributed by atoms with E-state index in [1.807, 2.05) is 34.1 Å². The van der Waals surface area contributed by atoms with Gasteiger partial charge in [0.15, 0.2) is 0 Å². The molecule has 0 radical (unpaired) electrons. The monoisotopic (exact) mass is 744 g/mol. The lowest BCUT2D eigenvalue weighted by atomic mass is 9.85. The summed E-state index contributed by atoms with van der Waals surface area (Å²) < 4.78 is 55.1. The Labute approximate surface area is 313 Å². The molecule has 4 fully saturated rings. The van der Waals surface area contributed by atoms with Crippen molar-refractivity contribution < 1.29 is 27.2 Å². The summed E-state index contributed by atoms with van der Waals surface area (Å²) in [6.45, 7) is 5.44. The van der Waals surface area contributed by atoms with Crippen molar-refractivity contribution in [3.8, 4) is 33.6 Å². The highest BCUT2D eigenvalue weighted by atomic mass is 19.3. The van der Waals surface area contributed by atoms with Crippen molar-refractivity contribution in [2.45, 2.75) is 102 Å². The van der Waals surface area contributed by atoms with Gasteiger partial charge < -0.3 is 19.8 Å². The number of rotatable bonds is 7. The van der Waals surface area contributed by atoms with Crippen LogP contribution in [0.5, 0.6) is 0 Å². The van der Waals surface area contributed by atoms with Gasteiger partial charge >= 0.3 is 0 Å². The molecule has 2 aromatic carbocycles. The number of hydrogen-bond donors (Lipinski definition) is 2. The summed E-state index contributed by atoms with van der Waals surface area (Å²) in [5.74, 6) is -4.25. The van der Waals surface area contributed by atoms with Crippen molar-refractivity contribution in [2.75, 3.05) is 13.1 Å². The Morgan fingerprint density at radius 2 is 0.907 bits per heavy atom. The number of aromatic amines is 2. The lowest BCUT2D eigenvalue weighted by Crippen LogP contribution is -2.39. The van der Waals surface area contributed by atoms with Gasteiger partial charge in [0.05, 0.1) is 35.9 Å².